The molecular weight excluding hydrogens is 366 g/mol. The molecule has 0 spiro atoms. The number of hydrogen-bond donors (Lipinski definition) is 1. The van der Waals surface area contributed by atoms with Gasteiger partial charge in [-0.3, -0.25) is 29.4 Å². The van der Waals surface area contributed by atoms with Gasteiger partial charge in [-0.15, -0.1) is 0 Å². The van der Waals surface area contributed by atoms with Crippen LogP contribution in [0.2, 0.25) is 0 Å². The number of carbonyl (C=O) groups is 3. The summed E-state index contributed by atoms with van der Waals surface area (Å²) >= 11 is 0. The molecule has 9 heteroatoms. The van der Waals surface area contributed by atoms with E-state index < -0.39 is 52.7 Å². The third-order valence-electron chi connectivity index (χ3n) is 5.45. The second-order valence-corrected chi connectivity index (χ2v) is 7.53. The van der Waals surface area contributed by atoms with E-state index in [2.05, 4.69) is 5.32 Å². The second kappa shape index (κ2) is 6.52. The van der Waals surface area contributed by atoms with Crippen LogP contribution in [0.1, 0.15) is 13.8 Å². The van der Waals surface area contributed by atoms with Crippen LogP contribution in [0, 0.1) is 27.9 Å². The molecule has 3 heterocycles. The van der Waals surface area contributed by atoms with Crippen LogP contribution in [-0.4, -0.2) is 45.8 Å². The molecule has 1 unspecified atom stereocenters. The van der Waals surface area contributed by atoms with E-state index in [0.717, 1.165) is 4.90 Å². The molecule has 28 heavy (non-hydrogen) atoms. The highest BCUT2D eigenvalue weighted by atomic mass is 16.6. The first-order valence-corrected chi connectivity index (χ1v) is 9.05. The maximum absolute atomic E-state index is 13.0. The molecule has 3 aliphatic rings. The van der Waals surface area contributed by atoms with Gasteiger partial charge in [0.15, 0.2) is 0 Å². The highest BCUT2D eigenvalue weighted by Crippen LogP contribution is 2.46. The van der Waals surface area contributed by atoms with Crippen molar-refractivity contribution in [1.82, 2.24) is 4.90 Å². The highest BCUT2D eigenvalue weighted by Gasteiger charge is 2.62. The normalized spacial score (nSPS) is 28.8. The summed E-state index contributed by atoms with van der Waals surface area (Å²) in [6, 6.07) is 4.50. The predicted molar refractivity (Wildman–Crippen MR) is 97.0 cm³/mol. The van der Waals surface area contributed by atoms with Crippen molar-refractivity contribution in [1.29, 1.82) is 0 Å². The van der Waals surface area contributed by atoms with Crippen molar-refractivity contribution in [3.8, 4) is 0 Å². The molecule has 1 aromatic rings. The number of nitro benzene ring substituents is 1. The lowest BCUT2D eigenvalue weighted by Crippen LogP contribution is -2.51. The summed E-state index contributed by atoms with van der Waals surface area (Å²) in [7, 11) is 0. The largest absolute Gasteiger partial charge is 0.365 e. The molecule has 1 N–H and O–H groups in total. The second-order valence-electron chi connectivity index (χ2n) is 7.53. The zero-order valence-electron chi connectivity index (χ0n) is 15.3. The number of rotatable bonds is 5. The Hall–Kier alpha value is -3.07. The number of fused-ring (bicyclic) bond motifs is 5. The maximum Gasteiger partial charge on any atom is 0.271 e. The lowest BCUT2D eigenvalue weighted by molar-refractivity contribution is -0.384. The van der Waals surface area contributed by atoms with Gasteiger partial charge in [0, 0.05) is 17.8 Å². The summed E-state index contributed by atoms with van der Waals surface area (Å²) in [5.41, 5.74) is 0.0655. The summed E-state index contributed by atoms with van der Waals surface area (Å²) in [6.07, 6.45) is 2.72. The lowest BCUT2D eigenvalue weighted by atomic mass is 9.85. The van der Waals surface area contributed by atoms with Crippen LogP contribution < -0.4 is 5.32 Å². The molecule has 1 aromatic carbocycles. The highest BCUT2D eigenvalue weighted by molar-refractivity contribution is 6.11. The molecule has 0 aromatic heterocycles. The van der Waals surface area contributed by atoms with E-state index in [1.165, 1.54) is 24.3 Å². The van der Waals surface area contributed by atoms with Crippen LogP contribution in [0.4, 0.5) is 11.4 Å². The number of nitrogens with zero attached hydrogens (tertiary/aromatic N) is 2. The average molecular weight is 385 g/mol. The molecule has 146 valence electrons. The van der Waals surface area contributed by atoms with Crippen LogP contribution in [-0.2, 0) is 19.1 Å². The van der Waals surface area contributed by atoms with Crippen molar-refractivity contribution < 1.29 is 24.0 Å². The van der Waals surface area contributed by atoms with Gasteiger partial charge in [-0.2, -0.15) is 0 Å². The van der Waals surface area contributed by atoms with Crippen LogP contribution >= 0.6 is 0 Å². The van der Waals surface area contributed by atoms with E-state index >= 15 is 0 Å². The smallest absolute Gasteiger partial charge is 0.271 e. The van der Waals surface area contributed by atoms with Crippen LogP contribution in [0.3, 0.4) is 0 Å². The van der Waals surface area contributed by atoms with Crippen molar-refractivity contribution in [3.63, 3.8) is 0 Å². The van der Waals surface area contributed by atoms with Gasteiger partial charge in [0.1, 0.15) is 6.04 Å². The molecule has 0 radical (unpaired) electrons. The topological polar surface area (TPSA) is 119 Å². The molecule has 2 saturated heterocycles. The molecule has 5 atom stereocenters. The fourth-order valence-corrected chi connectivity index (χ4v) is 4.23. The monoisotopic (exact) mass is 385 g/mol. The summed E-state index contributed by atoms with van der Waals surface area (Å²) in [4.78, 5) is 50.3. The molecular formula is C19H19N3O6. The van der Waals surface area contributed by atoms with E-state index in [1.807, 2.05) is 0 Å². The molecule has 4 rings (SSSR count). The van der Waals surface area contributed by atoms with Gasteiger partial charge in [-0.25, -0.2) is 0 Å². The summed E-state index contributed by atoms with van der Waals surface area (Å²) in [5.74, 6) is -2.88. The van der Waals surface area contributed by atoms with Crippen molar-refractivity contribution in [3.05, 3.63) is 46.5 Å². The quantitative estimate of drug-likeness (QED) is 0.355. The van der Waals surface area contributed by atoms with Gasteiger partial charge < -0.3 is 10.1 Å². The average Bonchev–Trinajstić information content (AvgIpc) is 3.31. The van der Waals surface area contributed by atoms with E-state index in [-0.39, 0.29) is 17.3 Å². The Balaban J connectivity index is 1.59. The zero-order valence-corrected chi connectivity index (χ0v) is 15.3. The Morgan fingerprint density at radius 2 is 1.79 bits per heavy atom. The van der Waals surface area contributed by atoms with Crippen LogP contribution in [0.25, 0.3) is 0 Å². The first-order valence-electron chi connectivity index (χ1n) is 9.05. The number of carbonyl (C=O) groups excluding carboxylic acids is 3. The summed E-state index contributed by atoms with van der Waals surface area (Å²) in [5, 5.41) is 13.5. The van der Waals surface area contributed by atoms with Crippen LogP contribution in [0.15, 0.2) is 36.4 Å². The number of nitro groups is 1. The first-order chi connectivity index (χ1) is 13.3. The minimum Gasteiger partial charge on any atom is -0.365 e. The molecule has 3 amide bonds. The number of benzene rings is 1. The number of likely N-dealkylation sites (tertiary alicyclic amines) is 1. The van der Waals surface area contributed by atoms with Gasteiger partial charge in [0.2, 0.25) is 17.7 Å². The summed E-state index contributed by atoms with van der Waals surface area (Å²) in [6.45, 7) is 3.49. The summed E-state index contributed by atoms with van der Waals surface area (Å²) < 4.78 is 5.62. The Labute approximate surface area is 160 Å². The van der Waals surface area contributed by atoms with Gasteiger partial charge in [-0.1, -0.05) is 32.1 Å². The van der Waals surface area contributed by atoms with E-state index in [0.29, 0.717) is 0 Å². The van der Waals surface area contributed by atoms with Crippen molar-refractivity contribution >= 4 is 29.1 Å². The number of imide groups is 1. The fraction of sp³-hybridized carbons (Fsp3) is 0.421. The Morgan fingerprint density at radius 1 is 1.18 bits per heavy atom. The van der Waals surface area contributed by atoms with Gasteiger partial charge >= 0.3 is 0 Å². The molecule has 0 saturated carbocycles. The minimum atomic E-state index is -1.01. The molecule has 0 aliphatic carbocycles. The minimum absolute atomic E-state index is 0.165. The zero-order chi connectivity index (χ0) is 20.2. The fourth-order valence-electron chi connectivity index (χ4n) is 4.23. The number of ether oxygens (including phenoxy) is 1. The Bertz CT molecular complexity index is 881. The number of hydrogen-bond acceptors (Lipinski definition) is 6. The van der Waals surface area contributed by atoms with Gasteiger partial charge in [0.05, 0.1) is 29.0 Å². The van der Waals surface area contributed by atoms with Crippen molar-refractivity contribution in [2.24, 2.45) is 17.8 Å². The van der Waals surface area contributed by atoms with Crippen molar-refractivity contribution in [2.75, 3.05) is 5.32 Å². The SMILES string of the molecule is CC(C)C(C(=O)Nc1cccc([N+](=O)[O-])c1)N1C(=O)[C@@H]2[C@H](C1=O)[C@@H]1C=C[C@H]2O1. The number of amides is 3. The Morgan fingerprint density at radius 3 is 2.32 bits per heavy atom. The van der Waals surface area contributed by atoms with E-state index in [1.54, 1.807) is 26.0 Å². The number of nitrogens with one attached hydrogen (secondary N) is 1. The number of anilines is 1. The third-order valence-corrected chi connectivity index (χ3v) is 5.45. The molecule has 3 aliphatic heterocycles. The van der Waals surface area contributed by atoms with Gasteiger partial charge in [0.25, 0.3) is 5.69 Å². The standard InChI is InChI=1S/C19H19N3O6/c1-9(2)16(17(23)20-10-4-3-5-11(8-10)22(26)27)21-18(24)14-12-6-7-13(28-12)15(14)19(21)25/h3-9,12-16H,1-2H3,(H,20,23)/t12-,13+,14+,15-,16?. The van der Waals surface area contributed by atoms with E-state index in [4.69, 9.17) is 4.74 Å². The third kappa shape index (κ3) is 2.70. The van der Waals surface area contributed by atoms with Crippen molar-refractivity contribution in [2.45, 2.75) is 32.1 Å². The van der Waals surface area contributed by atoms with Crippen LogP contribution in [0.5, 0.6) is 0 Å². The van der Waals surface area contributed by atoms with Gasteiger partial charge in [-0.05, 0) is 12.0 Å². The Kier molecular flexibility index (Phi) is 4.26. The predicted octanol–water partition coefficient (Wildman–Crippen LogP) is 1.50. The first kappa shape index (κ1) is 18.3. The molecule has 9 nitrogen and oxygen atoms in total. The lowest BCUT2D eigenvalue weighted by Gasteiger charge is -2.29. The molecule has 2 fully saturated rings. The molecule has 2 bridgehead atoms. The maximum atomic E-state index is 13.0. The van der Waals surface area contributed by atoms with E-state index in [9.17, 15) is 24.5 Å². The number of non-ortho nitro benzene ring substituents is 1.